The van der Waals surface area contributed by atoms with Crippen molar-refractivity contribution < 1.29 is 14.3 Å². The van der Waals surface area contributed by atoms with Crippen molar-refractivity contribution in [3.05, 3.63) is 77.5 Å². The van der Waals surface area contributed by atoms with Gasteiger partial charge in [-0.05, 0) is 31.2 Å². The Morgan fingerprint density at radius 1 is 0.955 bits per heavy atom. The number of nitrogens with one attached hydrogen (secondary N) is 1. The molecule has 0 aliphatic heterocycles. The topological polar surface area (TPSA) is 55.4 Å². The fourth-order valence-electron chi connectivity index (χ4n) is 1.91. The lowest BCUT2D eigenvalue weighted by atomic mass is 10.1. The summed E-state index contributed by atoms with van der Waals surface area (Å²) in [5.74, 6) is 0.272. The van der Waals surface area contributed by atoms with E-state index in [1.54, 1.807) is 62.6 Å². The van der Waals surface area contributed by atoms with Crippen LogP contribution in [0.15, 0.2) is 66.4 Å². The highest BCUT2D eigenvalue weighted by molar-refractivity contribution is 6.05. The molecule has 0 aliphatic carbocycles. The van der Waals surface area contributed by atoms with Gasteiger partial charge >= 0.3 is 0 Å². The first-order valence-electron chi connectivity index (χ1n) is 6.83. The maximum atomic E-state index is 12.1. The van der Waals surface area contributed by atoms with Crippen LogP contribution in [0.25, 0.3) is 0 Å². The molecule has 22 heavy (non-hydrogen) atoms. The Hall–Kier alpha value is -2.88. The molecule has 0 spiro atoms. The number of ketones is 1. The Morgan fingerprint density at radius 2 is 1.59 bits per heavy atom. The molecule has 0 radical (unpaired) electrons. The van der Waals surface area contributed by atoms with Crippen LogP contribution in [0.1, 0.15) is 27.6 Å². The van der Waals surface area contributed by atoms with E-state index in [1.165, 1.54) is 6.08 Å². The molecule has 0 heterocycles. The molecule has 0 saturated carbocycles. The van der Waals surface area contributed by atoms with E-state index >= 15 is 0 Å². The van der Waals surface area contributed by atoms with Crippen LogP contribution in [0.3, 0.4) is 0 Å². The summed E-state index contributed by atoms with van der Waals surface area (Å²) in [7, 11) is 1.57. The molecule has 0 atom stereocenters. The van der Waals surface area contributed by atoms with Gasteiger partial charge in [0.1, 0.15) is 5.75 Å². The number of carbonyl (C=O) groups excluding carboxylic acids is 2. The Kier molecular flexibility index (Phi) is 5.09. The summed E-state index contributed by atoms with van der Waals surface area (Å²) >= 11 is 0. The third-order valence-electron chi connectivity index (χ3n) is 3.07. The van der Waals surface area contributed by atoms with Gasteiger partial charge in [-0.2, -0.15) is 0 Å². The van der Waals surface area contributed by atoms with E-state index in [-0.39, 0.29) is 11.7 Å². The highest BCUT2D eigenvalue weighted by Gasteiger charge is 2.07. The molecule has 1 amide bonds. The molecule has 1 N–H and O–H groups in total. The van der Waals surface area contributed by atoms with Crippen molar-refractivity contribution in [1.82, 2.24) is 5.32 Å². The number of hydrogen-bond acceptors (Lipinski definition) is 3. The highest BCUT2D eigenvalue weighted by Crippen LogP contribution is 2.11. The molecule has 0 saturated heterocycles. The minimum atomic E-state index is -0.266. The zero-order valence-electron chi connectivity index (χ0n) is 12.5. The van der Waals surface area contributed by atoms with Crippen LogP contribution in [0.4, 0.5) is 0 Å². The summed E-state index contributed by atoms with van der Waals surface area (Å²) in [6.07, 6.45) is 1.41. The molecule has 0 bridgehead atoms. The van der Waals surface area contributed by atoms with Gasteiger partial charge in [-0.15, -0.1) is 0 Å². The molecule has 0 fully saturated rings. The molecule has 112 valence electrons. The van der Waals surface area contributed by atoms with E-state index < -0.39 is 0 Å². The summed E-state index contributed by atoms with van der Waals surface area (Å²) in [6, 6.07) is 15.7. The Bertz CT molecular complexity index is 688. The summed E-state index contributed by atoms with van der Waals surface area (Å²) in [5, 5.41) is 2.69. The van der Waals surface area contributed by atoms with E-state index in [0.717, 1.165) is 0 Å². The lowest BCUT2D eigenvalue weighted by Crippen LogP contribution is -2.22. The van der Waals surface area contributed by atoms with Gasteiger partial charge in [0.25, 0.3) is 5.91 Å². The van der Waals surface area contributed by atoms with Crippen molar-refractivity contribution in [3.8, 4) is 5.75 Å². The molecule has 2 aromatic carbocycles. The van der Waals surface area contributed by atoms with Gasteiger partial charge < -0.3 is 10.1 Å². The van der Waals surface area contributed by atoms with E-state index in [0.29, 0.717) is 22.6 Å². The molecular formula is C18H17NO3. The van der Waals surface area contributed by atoms with Gasteiger partial charge in [0.2, 0.25) is 0 Å². The van der Waals surface area contributed by atoms with Gasteiger partial charge in [-0.3, -0.25) is 9.59 Å². The molecule has 4 heteroatoms. The quantitative estimate of drug-likeness (QED) is 0.680. The summed E-state index contributed by atoms with van der Waals surface area (Å²) in [5.41, 5.74) is 1.58. The largest absolute Gasteiger partial charge is 0.497 e. The van der Waals surface area contributed by atoms with E-state index in [2.05, 4.69) is 5.32 Å². The van der Waals surface area contributed by atoms with E-state index in [9.17, 15) is 9.59 Å². The number of carbonyl (C=O) groups is 2. The third kappa shape index (κ3) is 4.06. The van der Waals surface area contributed by atoms with Gasteiger partial charge in [-0.25, -0.2) is 0 Å². The molecule has 0 unspecified atom stereocenters. The van der Waals surface area contributed by atoms with Gasteiger partial charge in [0.05, 0.1) is 7.11 Å². The Morgan fingerprint density at radius 3 is 2.18 bits per heavy atom. The lowest BCUT2D eigenvalue weighted by molar-refractivity contribution is 0.0966. The normalized spacial score (nSPS) is 10.9. The summed E-state index contributed by atoms with van der Waals surface area (Å²) in [4.78, 5) is 24.1. The van der Waals surface area contributed by atoms with Gasteiger partial charge in [0.15, 0.2) is 5.78 Å². The van der Waals surface area contributed by atoms with Crippen LogP contribution in [-0.4, -0.2) is 18.8 Å². The average molecular weight is 295 g/mol. The van der Waals surface area contributed by atoms with Crippen molar-refractivity contribution in [2.75, 3.05) is 7.11 Å². The smallest absolute Gasteiger partial charge is 0.255 e. The predicted molar refractivity (Wildman–Crippen MR) is 85.0 cm³/mol. The molecular weight excluding hydrogens is 278 g/mol. The van der Waals surface area contributed by atoms with Crippen molar-refractivity contribution in [3.63, 3.8) is 0 Å². The van der Waals surface area contributed by atoms with E-state index in [4.69, 9.17) is 4.74 Å². The molecule has 2 aromatic rings. The average Bonchev–Trinajstić information content (AvgIpc) is 2.55. The van der Waals surface area contributed by atoms with Crippen LogP contribution in [-0.2, 0) is 0 Å². The fraction of sp³-hybridized carbons (Fsp3) is 0.111. The number of rotatable bonds is 5. The number of benzene rings is 2. The number of amides is 1. The zero-order valence-corrected chi connectivity index (χ0v) is 12.5. The Balaban J connectivity index is 2.04. The van der Waals surface area contributed by atoms with Crippen LogP contribution in [0, 0.1) is 0 Å². The number of allylic oxidation sites excluding steroid dienone is 2. The maximum Gasteiger partial charge on any atom is 0.255 e. The second-order valence-electron chi connectivity index (χ2n) is 4.74. The van der Waals surface area contributed by atoms with E-state index in [1.807, 2.05) is 6.07 Å². The molecule has 0 aromatic heterocycles. The summed E-state index contributed by atoms with van der Waals surface area (Å²) < 4.78 is 5.04. The van der Waals surface area contributed by atoms with Gasteiger partial charge in [0, 0.05) is 22.9 Å². The number of hydrogen-bond donors (Lipinski definition) is 1. The third-order valence-corrected chi connectivity index (χ3v) is 3.07. The van der Waals surface area contributed by atoms with Crippen LogP contribution >= 0.6 is 0 Å². The lowest BCUT2D eigenvalue weighted by Gasteiger charge is -2.06. The highest BCUT2D eigenvalue weighted by atomic mass is 16.5. The number of methoxy groups -OCH3 is 1. The maximum absolute atomic E-state index is 12.1. The minimum Gasteiger partial charge on any atom is -0.497 e. The van der Waals surface area contributed by atoms with Crippen LogP contribution in [0.5, 0.6) is 5.75 Å². The predicted octanol–water partition coefficient (Wildman–Crippen LogP) is 3.21. The minimum absolute atomic E-state index is 0.145. The Labute approximate surface area is 129 Å². The monoisotopic (exact) mass is 295 g/mol. The van der Waals surface area contributed by atoms with Crippen molar-refractivity contribution in [2.45, 2.75) is 6.92 Å². The first-order chi connectivity index (χ1) is 10.6. The SMILES string of the molecule is COc1ccc(C(=O)N/C(C)=C\C(=O)c2ccccc2)cc1. The van der Waals surface area contributed by atoms with Crippen molar-refractivity contribution in [2.24, 2.45) is 0 Å². The zero-order chi connectivity index (χ0) is 15.9. The fourth-order valence-corrected chi connectivity index (χ4v) is 1.91. The standard InChI is InChI=1S/C18H17NO3/c1-13(12-17(20)14-6-4-3-5-7-14)19-18(21)15-8-10-16(22-2)11-9-15/h3-12H,1-2H3,(H,19,21)/b13-12-. The second kappa shape index (κ2) is 7.22. The first kappa shape index (κ1) is 15.5. The molecule has 0 aliphatic rings. The van der Waals surface area contributed by atoms with Crippen LogP contribution in [0.2, 0.25) is 0 Å². The van der Waals surface area contributed by atoms with Crippen LogP contribution < -0.4 is 10.1 Å². The van der Waals surface area contributed by atoms with Gasteiger partial charge in [-0.1, -0.05) is 30.3 Å². The first-order valence-corrected chi connectivity index (χ1v) is 6.83. The number of ether oxygens (including phenoxy) is 1. The molecule has 4 nitrogen and oxygen atoms in total. The molecule has 2 rings (SSSR count). The van der Waals surface area contributed by atoms with Crippen molar-refractivity contribution in [1.29, 1.82) is 0 Å². The van der Waals surface area contributed by atoms with Crippen molar-refractivity contribution >= 4 is 11.7 Å². The second-order valence-corrected chi connectivity index (χ2v) is 4.74. The summed E-state index contributed by atoms with van der Waals surface area (Å²) in [6.45, 7) is 1.68.